The molecule has 0 aliphatic carbocycles. The van der Waals surface area contributed by atoms with E-state index in [1.54, 1.807) is 36.0 Å². The fourth-order valence-corrected chi connectivity index (χ4v) is 5.51. The number of pyridine rings is 1. The maximum Gasteiger partial charge on any atom is 0.290 e. The number of amides is 1. The number of hydrogen-bond acceptors (Lipinski definition) is 10. The summed E-state index contributed by atoms with van der Waals surface area (Å²) in [6.07, 6.45) is 6.04. The number of aromatic hydroxyl groups is 1. The third-order valence-corrected chi connectivity index (χ3v) is 8.02. The van der Waals surface area contributed by atoms with Crippen LogP contribution in [0.5, 0.6) is 5.75 Å². The summed E-state index contributed by atoms with van der Waals surface area (Å²) in [7, 11) is 0. The minimum Gasteiger partial charge on any atom is -0.508 e. The van der Waals surface area contributed by atoms with Crippen LogP contribution in [0.25, 0.3) is 28.3 Å². The van der Waals surface area contributed by atoms with Crippen LogP contribution in [0.2, 0.25) is 0 Å². The lowest BCUT2D eigenvalue weighted by Crippen LogP contribution is -2.42. The van der Waals surface area contributed by atoms with E-state index in [0.29, 0.717) is 53.3 Å². The monoisotopic (exact) mass is 664 g/mol. The van der Waals surface area contributed by atoms with Crippen molar-refractivity contribution in [2.75, 3.05) is 18.0 Å². The molecule has 3 aromatic carbocycles. The largest absolute Gasteiger partial charge is 0.508 e. The van der Waals surface area contributed by atoms with Crippen molar-refractivity contribution in [2.24, 2.45) is 0 Å². The quantitative estimate of drug-likeness (QED) is 0.0638. The molecule has 1 amide bonds. The van der Waals surface area contributed by atoms with Crippen molar-refractivity contribution < 1.29 is 34.5 Å². The second-order valence-electron chi connectivity index (χ2n) is 11.0. The average molecular weight is 665 g/mol. The zero-order valence-electron chi connectivity index (χ0n) is 26.2. The number of aliphatic hydroxyl groups is 1. The molecule has 0 unspecified atom stereocenters. The summed E-state index contributed by atoms with van der Waals surface area (Å²) in [5.41, 5.74) is 5.81. The van der Waals surface area contributed by atoms with Crippen LogP contribution in [0.4, 0.5) is 10.2 Å². The third-order valence-electron chi connectivity index (χ3n) is 8.02. The van der Waals surface area contributed by atoms with Gasteiger partial charge in [0.15, 0.2) is 0 Å². The van der Waals surface area contributed by atoms with Gasteiger partial charge < -0.3 is 25.5 Å². The Morgan fingerprint density at radius 3 is 2.33 bits per heavy atom. The Balaban J connectivity index is 0.00000174. The topological polar surface area (TPSA) is 203 Å². The summed E-state index contributed by atoms with van der Waals surface area (Å²) in [5.74, 6) is -0.953. The van der Waals surface area contributed by atoms with Gasteiger partial charge in [-0.2, -0.15) is 10.5 Å². The number of nitriles is 2. The van der Waals surface area contributed by atoms with Gasteiger partial charge in [0.05, 0.1) is 12.2 Å². The van der Waals surface area contributed by atoms with E-state index in [1.165, 1.54) is 24.3 Å². The Morgan fingerprint density at radius 1 is 1.04 bits per heavy atom. The van der Waals surface area contributed by atoms with Gasteiger partial charge in [-0.1, -0.05) is 42.5 Å². The molecule has 2 heterocycles. The zero-order chi connectivity index (χ0) is 35.3. The number of piperidine rings is 1. The minimum absolute atomic E-state index is 0.113. The fourth-order valence-electron chi connectivity index (χ4n) is 5.51. The summed E-state index contributed by atoms with van der Waals surface area (Å²) in [6, 6.07) is 21.0. The van der Waals surface area contributed by atoms with Crippen molar-refractivity contribution in [3.8, 4) is 40.1 Å². The number of aliphatic hydroxyl groups excluding tert-OH is 1. The maximum absolute atomic E-state index is 14.8. The van der Waals surface area contributed by atoms with Crippen LogP contribution in [0.15, 0.2) is 72.9 Å². The summed E-state index contributed by atoms with van der Waals surface area (Å²) < 4.78 is 14.8. The molecule has 13 heteroatoms. The van der Waals surface area contributed by atoms with Gasteiger partial charge in [0.1, 0.15) is 35.1 Å². The van der Waals surface area contributed by atoms with Crippen molar-refractivity contribution in [2.45, 2.75) is 32.0 Å². The molecule has 1 fully saturated rings. The molecule has 0 bridgehead atoms. The number of hydrogen-bond donors (Lipinski definition) is 6. The number of aromatic nitrogens is 1. The van der Waals surface area contributed by atoms with Crippen molar-refractivity contribution in [3.63, 3.8) is 0 Å². The standard InChI is InChI=1S/C35H31FN6O4.CH2O2/c36-31-15-25(7-8-26(31)17-37)34-29(18-38)35(40-20-30(34)24-6-9-27(21-43)32(44)16-24)42-13-11-28(12-14-42)39-19-23-3-1-22(2-4-23)5-10-33(45)41-46;2-1-3/h1-10,15-16,20,28,39,43-44,46H,11-14,19,21H2,(H,41,45);1H,(H,2,3)/b10-5+;. The van der Waals surface area contributed by atoms with Crippen molar-refractivity contribution >= 4 is 24.3 Å². The molecular weight excluding hydrogens is 631 g/mol. The predicted molar refractivity (Wildman–Crippen MR) is 178 cm³/mol. The van der Waals surface area contributed by atoms with E-state index < -0.39 is 11.7 Å². The van der Waals surface area contributed by atoms with Gasteiger partial charge in [0.25, 0.3) is 12.4 Å². The van der Waals surface area contributed by atoms with Gasteiger partial charge in [-0.15, -0.1) is 0 Å². The van der Waals surface area contributed by atoms with Gasteiger partial charge in [-0.25, -0.2) is 14.9 Å². The lowest BCUT2D eigenvalue weighted by atomic mass is 9.90. The first-order valence-corrected chi connectivity index (χ1v) is 15.1. The highest BCUT2D eigenvalue weighted by Gasteiger charge is 2.26. The van der Waals surface area contributed by atoms with E-state index in [9.17, 15) is 29.9 Å². The molecular formula is C36H33FN6O6. The molecule has 1 saturated heterocycles. The Bertz CT molecular complexity index is 1910. The number of phenols is 1. The molecule has 49 heavy (non-hydrogen) atoms. The zero-order valence-corrected chi connectivity index (χ0v) is 26.2. The Kier molecular flexibility index (Phi) is 12.5. The molecule has 5 rings (SSSR count). The Morgan fingerprint density at radius 2 is 1.73 bits per heavy atom. The van der Waals surface area contributed by atoms with Crippen molar-refractivity contribution in [3.05, 3.63) is 107 Å². The number of nitrogens with zero attached hydrogens (tertiary/aromatic N) is 4. The highest BCUT2D eigenvalue weighted by Crippen LogP contribution is 2.40. The fraction of sp³-hybridized carbons (Fsp3) is 0.194. The second kappa shape index (κ2) is 17.2. The molecule has 1 aliphatic heterocycles. The van der Waals surface area contributed by atoms with Crippen LogP contribution in [0, 0.1) is 28.5 Å². The first-order valence-electron chi connectivity index (χ1n) is 15.1. The van der Waals surface area contributed by atoms with Crippen LogP contribution >= 0.6 is 0 Å². The van der Waals surface area contributed by atoms with Gasteiger partial charge in [-0.05, 0) is 59.4 Å². The number of carboxylic acid groups (broad SMARTS) is 1. The van der Waals surface area contributed by atoms with Gasteiger partial charge in [0, 0.05) is 54.6 Å². The van der Waals surface area contributed by atoms with Gasteiger partial charge in [0.2, 0.25) is 0 Å². The average Bonchev–Trinajstić information content (AvgIpc) is 3.13. The number of benzene rings is 3. The lowest BCUT2D eigenvalue weighted by Gasteiger charge is -2.34. The highest BCUT2D eigenvalue weighted by molar-refractivity contribution is 5.91. The molecule has 0 atom stereocenters. The van der Waals surface area contributed by atoms with Crippen molar-refractivity contribution in [1.82, 2.24) is 15.8 Å². The van der Waals surface area contributed by atoms with E-state index in [1.807, 2.05) is 35.2 Å². The Labute approximate surface area is 281 Å². The smallest absolute Gasteiger partial charge is 0.290 e. The van der Waals surface area contributed by atoms with E-state index in [2.05, 4.69) is 16.4 Å². The summed E-state index contributed by atoms with van der Waals surface area (Å²) >= 11 is 0. The number of carbonyl (C=O) groups is 2. The minimum atomic E-state index is -0.709. The third kappa shape index (κ3) is 8.82. The van der Waals surface area contributed by atoms with Gasteiger partial charge in [-0.3, -0.25) is 14.8 Å². The number of rotatable bonds is 9. The highest BCUT2D eigenvalue weighted by atomic mass is 19.1. The first-order chi connectivity index (χ1) is 23.8. The van der Waals surface area contributed by atoms with Crippen LogP contribution in [-0.2, 0) is 22.7 Å². The molecule has 0 radical (unpaired) electrons. The molecule has 250 valence electrons. The number of nitrogens with one attached hydrogen (secondary N) is 2. The summed E-state index contributed by atoms with van der Waals surface area (Å²) in [5, 5.41) is 58.7. The lowest BCUT2D eigenvalue weighted by molar-refractivity contribution is -0.124. The van der Waals surface area contributed by atoms with Gasteiger partial charge >= 0.3 is 0 Å². The first kappa shape index (κ1) is 35.7. The molecule has 1 aromatic heterocycles. The molecule has 12 nitrogen and oxygen atoms in total. The van der Waals surface area contributed by atoms with Crippen LogP contribution in [0.1, 0.15) is 40.7 Å². The predicted octanol–water partition coefficient (Wildman–Crippen LogP) is 4.47. The van der Waals surface area contributed by atoms with Crippen LogP contribution in [0.3, 0.4) is 0 Å². The Hall–Kier alpha value is -6.12. The number of carbonyl (C=O) groups excluding carboxylic acids is 1. The molecule has 1 aliphatic rings. The molecule has 4 aromatic rings. The maximum atomic E-state index is 14.8. The molecule has 0 saturated carbocycles. The van der Waals surface area contributed by atoms with E-state index in [-0.39, 0.29) is 36.0 Å². The van der Waals surface area contributed by atoms with E-state index >= 15 is 0 Å². The normalized spacial score (nSPS) is 12.8. The van der Waals surface area contributed by atoms with E-state index in [4.69, 9.17) is 15.1 Å². The van der Waals surface area contributed by atoms with Crippen molar-refractivity contribution in [1.29, 1.82) is 10.5 Å². The molecule has 6 N–H and O–H groups in total. The molecule has 0 spiro atoms. The number of hydroxylamine groups is 1. The number of halogens is 1. The SMILES string of the molecule is N#Cc1ccc(-c2c(-c3ccc(CO)c(O)c3)cnc(N3CCC(NCc4ccc(/C=C/C(=O)NO)cc4)CC3)c2C#N)cc1F.O=CO. The summed E-state index contributed by atoms with van der Waals surface area (Å²) in [6.45, 7) is 1.31. The van der Waals surface area contributed by atoms with Crippen LogP contribution < -0.4 is 15.7 Å². The number of anilines is 1. The summed E-state index contributed by atoms with van der Waals surface area (Å²) in [4.78, 5) is 26.3. The van der Waals surface area contributed by atoms with E-state index in [0.717, 1.165) is 24.0 Å². The second-order valence-corrected chi connectivity index (χ2v) is 11.0. The van der Waals surface area contributed by atoms with Crippen LogP contribution in [-0.4, -0.2) is 57.0 Å².